The van der Waals surface area contributed by atoms with E-state index in [2.05, 4.69) is 10.3 Å². The lowest BCUT2D eigenvalue weighted by atomic mass is 9.93. The van der Waals surface area contributed by atoms with Crippen LogP contribution in [-0.4, -0.2) is 51.3 Å². The lowest BCUT2D eigenvalue weighted by Crippen LogP contribution is -2.47. The van der Waals surface area contributed by atoms with Gasteiger partial charge in [0.05, 0.1) is 6.04 Å². The molecule has 1 aromatic heterocycles. The van der Waals surface area contributed by atoms with E-state index < -0.39 is 11.6 Å². The Hall–Kier alpha value is -2.44. The molecule has 1 aromatic rings. The number of aromatic nitrogens is 1. The number of rotatable bonds is 5. The van der Waals surface area contributed by atoms with Gasteiger partial charge >= 0.3 is 6.03 Å². The summed E-state index contributed by atoms with van der Waals surface area (Å²) >= 11 is 0. The van der Waals surface area contributed by atoms with Crippen LogP contribution in [0.4, 0.5) is 4.79 Å². The highest BCUT2D eigenvalue weighted by Gasteiger charge is 2.49. The van der Waals surface area contributed by atoms with E-state index in [1.807, 2.05) is 26.0 Å². The second-order valence-corrected chi connectivity index (χ2v) is 6.64. The molecule has 0 spiro atoms. The quantitative estimate of drug-likeness (QED) is 0.827. The molecule has 3 rings (SSSR count). The maximum Gasteiger partial charge on any atom is 0.325 e. The number of urea groups is 1. The molecule has 2 fully saturated rings. The average Bonchev–Trinajstić information content (AvgIpc) is 3.21. The van der Waals surface area contributed by atoms with Crippen LogP contribution in [0.3, 0.4) is 0 Å². The number of imide groups is 1. The van der Waals surface area contributed by atoms with E-state index >= 15 is 0 Å². The van der Waals surface area contributed by atoms with Crippen LogP contribution in [0.5, 0.6) is 0 Å². The summed E-state index contributed by atoms with van der Waals surface area (Å²) in [5.41, 5.74) is 0.168. The number of hydrogen-bond donors (Lipinski definition) is 1. The number of nitrogens with one attached hydrogen (secondary N) is 1. The van der Waals surface area contributed by atoms with Crippen LogP contribution in [0.1, 0.15) is 51.1 Å². The van der Waals surface area contributed by atoms with Crippen LogP contribution in [-0.2, 0) is 9.59 Å². The Morgan fingerprint density at radius 3 is 2.56 bits per heavy atom. The maximum atomic E-state index is 12.8. The van der Waals surface area contributed by atoms with Gasteiger partial charge in [-0.2, -0.15) is 0 Å². The second-order valence-electron chi connectivity index (χ2n) is 6.64. The van der Waals surface area contributed by atoms with Crippen LogP contribution in [0, 0.1) is 0 Å². The fraction of sp³-hybridized carbons (Fsp3) is 0.556. The number of likely N-dealkylation sites (tertiary alicyclic amines) is 1. The maximum absolute atomic E-state index is 12.8. The number of amides is 4. The molecule has 0 radical (unpaired) electrons. The normalized spacial score (nSPS) is 22.4. The Labute approximate surface area is 147 Å². The molecule has 3 heterocycles. The highest BCUT2D eigenvalue weighted by Crippen LogP contribution is 2.32. The van der Waals surface area contributed by atoms with Crippen molar-refractivity contribution in [3.63, 3.8) is 0 Å². The molecule has 1 atom stereocenters. The third-order valence-corrected chi connectivity index (χ3v) is 5.41. The van der Waals surface area contributed by atoms with Gasteiger partial charge in [-0.05, 0) is 43.4 Å². The molecule has 0 aliphatic carbocycles. The number of pyridine rings is 1. The number of carbonyl (C=O) groups excluding carboxylic acids is 3. The van der Waals surface area contributed by atoms with E-state index in [0.717, 1.165) is 23.3 Å². The van der Waals surface area contributed by atoms with Crippen molar-refractivity contribution in [2.24, 2.45) is 0 Å². The molecule has 0 bridgehead atoms. The number of carbonyl (C=O) groups is 3. The molecule has 25 heavy (non-hydrogen) atoms. The number of nitrogens with zero attached hydrogens (tertiary/aromatic N) is 3. The smallest absolute Gasteiger partial charge is 0.325 e. The summed E-state index contributed by atoms with van der Waals surface area (Å²) in [5, 5.41) is 2.76. The molecule has 4 amide bonds. The standard InChI is InChI=1S/C18H24N4O3/c1-3-18(4-2)16(24)22(17(25)20-18)12-15(23)21-11-5-6-14(21)13-7-9-19-10-8-13/h7-10,14H,3-6,11-12H2,1-2H3,(H,20,25). The van der Waals surface area contributed by atoms with Crippen molar-refractivity contribution >= 4 is 17.8 Å². The third kappa shape index (κ3) is 2.99. The molecule has 2 aliphatic heterocycles. The summed E-state index contributed by atoms with van der Waals surface area (Å²) in [7, 11) is 0. The van der Waals surface area contributed by atoms with Gasteiger partial charge in [-0.25, -0.2) is 4.79 Å². The first-order valence-corrected chi connectivity index (χ1v) is 8.86. The molecule has 1 N–H and O–H groups in total. The zero-order valence-corrected chi connectivity index (χ0v) is 14.7. The Balaban J connectivity index is 1.74. The average molecular weight is 344 g/mol. The SMILES string of the molecule is CCC1(CC)NC(=O)N(CC(=O)N2CCCC2c2ccncc2)C1=O. The highest BCUT2D eigenvalue weighted by atomic mass is 16.2. The first kappa shape index (κ1) is 17.4. The Bertz CT molecular complexity index is 672. The molecule has 0 aromatic carbocycles. The molecule has 7 nitrogen and oxygen atoms in total. The van der Waals surface area contributed by atoms with E-state index in [1.54, 1.807) is 17.3 Å². The Morgan fingerprint density at radius 2 is 1.96 bits per heavy atom. The third-order valence-electron chi connectivity index (χ3n) is 5.41. The minimum Gasteiger partial charge on any atom is -0.334 e. The van der Waals surface area contributed by atoms with Crippen molar-refractivity contribution in [3.8, 4) is 0 Å². The van der Waals surface area contributed by atoms with E-state index in [4.69, 9.17) is 0 Å². The zero-order valence-electron chi connectivity index (χ0n) is 14.7. The van der Waals surface area contributed by atoms with Gasteiger partial charge in [-0.15, -0.1) is 0 Å². The van der Waals surface area contributed by atoms with Crippen LogP contribution < -0.4 is 5.32 Å². The lowest BCUT2D eigenvalue weighted by Gasteiger charge is -2.27. The van der Waals surface area contributed by atoms with Crippen molar-refractivity contribution in [1.29, 1.82) is 0 Å². The van der Waals surface area contributed by atoms with Crippen LogP contribution >= 0.6 is 0 Å². The first-order valence-electron chi connectivity index (χ1n) is 8.86. The van der Waals surface area contributed by atoms with Crippen molar-refractivity contribution in [1.82, 2.24) is 20.1 Å². The van der Waals surface area contributed by atoms with Crippen molar-refractivity contribution in [2.75, 3.05) is 13.1 Å². The van der Waals surface area contributed by atoms with Crippen LogP contribution in [0.2, 0.25) is 0 Å². The first-order chi connectivity index (χ1) is 12.0. The van der Waals surface area contributed by atoms with Gasteiger partial charge in [-0.1, -0.05) is 13.8 Å². The van der Waals surface area contributed by atoms with Gasteiger partial charge in [0, 0.05) is 18.9 Å². The minimum absolute atomic E-state index is 0.0154. The molecule has 2 saturated heterocycles. The molecular weight excluding hydrogens is 320 g/mol. The topological polar surface area (TPSA) is 82.6 Å². The van der Waals surface area contributed by atoms with Gasteiger partial charge in [0.1, 0.15) is 12.1 Å². The van der Waals surface area contributed by atoms with Gasteiger partial charge in [0.15, 0.2) is 0 Å². The summed E-state index contributed by atoms with van der Waals surface area (Å²) in [5.74, 6) is -0.485. The largest absolute Gasteiger partial charge is 0.334 e. The van der Waals surface area contributed by atoms with Gasteiger partial charge in [0.25, 0.3) is 5.91 Å². The van der Waals surface area contributed by atoms with Crippen molar-refractivity contribution in [3.05, 3.63) is 30.1 Å². The Morgan fingerprint density at radius 1 is 1.28 bits per heavy atom. The molecule has 2 aliphatic rings. The van der Waals surface area contributed by atoms with Crippen molar-refractivity contribution < 1.29 is 14.4 Å². The summed E-state index contributed by atoms with van der Waals surface area (Å²) < 4.78 is 0. The predicted octanol–water partition coefficient (Wildman–Crippen LogP) is 1.86. The van der Waals surface area contributed by atoms with Gasteiger partial charge < -0.3 is 10.2 Å². The molecular formula is C18H24N4O3. The Kier molecular flexibility index (Phi) is 4.74. The van der Waals surface area contributed by atoms with E-state index in [9.17, 15) is 14.4 Å². The highest BCUT2D eigenvalue weighted by molar-refractivity contribution is 6.09. The monoisotopic (exact) mass is 344 g/mol. The lowest BCUT2D eigenvalue weighted by molar-refractivity contribution is -0.139. The fourth-order valence-electron chi connectivity index (χ4n) is 3.77. The van der Waals surface area contributed by atoms with Gasteiger partial charge in [0.2, 0.25) is 5.91 Å². The van der Waals surface area contributed by atoms with Crippen LogP contribution in [0.25, 0.3) is 0 Å². The molecule has 0 saturated carbocycles. The van der Waals surface area contributed by atoms with E-state index in [0.29, 0.717) is 19.4 Å². The predicted molar refractivity (Wildman–Crippen MR) is 91.5 cm³/mol. The fourth-order valence-corrected chi connectivity index (χ4v) is 3.77. The minimum atomic E-state index is -0.868. The molecule has 1 unspecified atom stereocenters. The summed E-state index contributed by atoms with van der Waals surface area (Å²) in [6.45, 7) is 4.18. The van der Waals surface area contributed by atoms with Gasteiger partial charge in [-0.3, -0.25) is 19.5 Å². The summed E-state index contributed by atoms with van der Waals surface area (Å²) in [6, 6.07) is 3.33. The molecule has 7 heteroatoms. The van der Waals surface area contributed by atoms with E-state index in [-0.39, 0.29) is 24.4 Å². The zero-order chi connectivity index (χ0) is 18.0. The van der Waals surface area contributed by atoms with E-state index in [1.165, 1.54) is 0 Å². The molecule has 134 valence electrons. The second kappa shape index (κ2) is 6.82. The summed E-state index contributed by atoms with van der Waals surface area (Å²) in [6.07, 6.45) is 6.25. The van der Waals surface area contributed by atoms with Crippen LogP contribution in [0.15, 0.2) is 24.5 Å². The van der Waals surface area contributed by atoms with Crippen molar-refractivity contribution in [2.45, 2.75) is 51.1 Å². The number of hydrogen-bond acceptors (Lipinski definition) is 4. The summed E-state index contributed by atoms with van der Waals surface area (Å²) in [4.78, 5) is 44.6.